The van der Waals surface area contributed by atoms with Crippen LogP contribution in [-0.4, -0.2) is 53.6 Å². The molecule has 6 heteroatoms. The maximum absolute atomic E-state index is 13.1. The van der Waals surface area contributed by atoms with Crippen molar-refractivity contribution in [3.8, 4) is 0 Å². The van der Waals surface area contributed by atoms with E-state index >= 15 is 0 Å². The summed E-state index contributed by atoms with van der Waals surface area (Å²) in [4.78, 5) is 40.8. The van der Waals surface area contributed by atoms with E-state index in [0.717, 1.165) is 12.8 Å². The summed E-state index contributed by atoms with van der Waals surface area (Å²) in [6.07, 6.45) is 4.12. The van der Waals surface area contributed by atoms with Gasteiger partial charge in [0.1, 0.15) is 5.82 Å². The number of ketones is 1. The first kappa shape index (κ1) is 19.3. The highest BCUT2D eigenvalue weighted by Crippen LogP contribution is 2.26. The van der Waals surface area contributed by atoms with Crippen LogP contribution < -0.4 is 0 Å². The van der Waals surface area contributed by atoms with E-state index in [1.807, 2.05) is 0 Å². The topological polar surface area (TPSA) is 57.7 Å². The van der Waals surface area contributed by atoms with E-state index in [1.54, 1.807) is 9.80 Å². The average molecular weight is 372 g/mol. The van der Waals surface area contributed by atoms with Gasteiger partial charge in [-0.3, -0.25) is 14.4 Å². The lowest BCUT2D eigenvalue weighted by Crippen LogP contribution is -2.48. The third kappa shape index (κ3) is 4.43. The molecular formula is C21H25FN2O3. The van der Waals surface area contributed by atoms with Gasteiger partial charge in [-0.05, 0) is 56.0 Å². The van der Waals surface area contributed by atoms with Crippen LogP contribution in [0.1, 0.15) is 36.0 Å². The third-order valence-electron chi connectivity index (χ3n) is 5.56. The number of amides is 2. The van der Waals surface area contributed by atoms with Crippen LogP contribution in [0.2, 0.25) is 0 Å². The number of nitrogens with zero attached hydrogens (tertiary/aromatic N) is 2. The monoisotopic (exact) mass is 372 g/mol. The SMILES string of the molecule is C=CC(=O)N1CCC(C(=O)N2CCCC(C(=O)c3ccc(F)cc3)C2)CC1. The summed E-state index contributed by atoms with van der Waals surface area (Å²) in [6, 6.07) is 5.59. The summed E-state index contributed by atoms with van der Waals surface area (Å²) in [5, 5.41) is 0. The zero-order chi connectivity index (χ0) is 19.4. The number of carbonyl (C=O) groups is 3. The molecule has 2 aliphatic rings. The average Bonchev–Trinajstić information content (AvgIpc) is 2.73. The predicted molar refractivity (Wildman–Crippen MR) is 99.5 cm³/mol. The molecule has 3 rings (SSSR count). The molecule has 0 bridgehead atoms. The number of benzene rings is 1. The number of hydrogen-bond acceptors (Lipinski definition) is 3. The summed E-state index contributed by atoms with van der Waals surface area (Å²) < 4.78 is 13.1. The molecule has 0 radical (unpaired) electrons. The van der Waals surface area contributed by atoms with E-state index < -0.39 is 0 Å². The Balaban J connectivity index is 1.58. The molecule has 0 saturated carbocycles. The molecule has 2 saturated heterocycles. The fraction of sp³-hybridized carbons (Fsp3) is 0.476. The molecule has 2 heterocycles. The van der Waals surface area contributed by atoms with Gasteiger partial charge in [-0.2, -0.15) is 0 Å². The third-order valence-corrected chi connectivity index (χ3v) is 5.56. The van der Waals surface area contributed by atoms with Gasteiger partial charge in [0.2, 0.25) is 11.8 Å². The Morgan fingerprint density at radius 2 is 1.63 bits per heavy atom. The Bertz CT molecular complexity index is 723. The van der Waals surface area contributed by atoms with E-state index in [9.17, 15) is 18.8 Å². The van der Waals surface area contributed by atoms with E-state index in [1.165, 1.54) is 30.3 Å². The summed E-state index contributed by atoms with van der Waals surface area (Å²) in [5.41, 5.74) is 0.493. The number of rotatable bonds is 4. The Morgan fingerprint density at radius 1 is 0.963 bits per heavy atom. The van der Waals surface area contributed by atoms with Crippen LogP contribution in [0.3, 0.4) is 0 Å². The van der Waals surface area contributed by atoms with E-state index in [2.05, 4.69) is 6.58 Å². The molecule has 2 amide bonds. The van der Waals surface area contributed by atoms with Crippen LogP contribution in [0.15, 0.2) is 36.9 Å². The van der Waals surface area contributed by atoms with Gasteiger partial charge in [-0.25, -0.2) is 4.39 Å². The molecule has 1 aromatic rings. The largest absolute Gasteiger partial charge is 0.342 e. The molecule has 27 heavy (non-hydrogen) atoms. The molecule has 2 fully saturated rings. The van der Waals surface area contributed by atoms with Gasteiger partial charge in [0.15, 0.2) is 5.78 Å². The fourth-order valence-electron chi connectivity index (χ4n) is 3.98. The van der Waals surface area contributed by atoms with Crippen molar-refractivity contribution in [3.63, 3.8) is 0 Å². The Kier molecular flexibility index (Phi) is 6.04. The van der Waals surface area contributed by atoms with Crippen molar-refractivity contribution in [2.75, 3.05) is 26.2 Å². The van der Waals surface area contributed by atoms with Crippen molar-refractivity contribution < 1.29 is 18.8 Å². The molecule has 0 aromatic heterocycles. The van der Waals surface area contributed by atoms with Gasteiger partial charge in [0, 0.05) is 43.6 Å². The minimum absolute atomic E-state index is 0.0288. The lowest BCUT2D eigenvalue weighted by atomic mass is 9.88. The van der Waals surface area contributed by atoms with Crippen LogP contribution in [0.4, 0.5) is 4.39 Å². The maximum atomic E-state index is 13.1. The van der Waals surface area contributed by atoms with Crippen LogP contribution in [0.25, 0.3) is 0 Å². The molecule has 2 aliphatic heterocycles. The van der Waals surface area contributed by atoms with Crippen molar-refractivity contribution in [2.45, 2.75) is 25.7 Å². The first-order chi connectivity index (χ1) is 13.0. The van der Waals surface area contributed by atoms with Gasteiger partial charge in [0.05, 0.1) is 0 Å². The maximum Gasteiger partial charge on any atom is 0.245 e. The zero-order valence-electron chi connectivity index (χ0n) is 15.4. The second-order valence-electron chi connectivity index (χ2n) is 7.30. The quantitative estimate of drug-likeness (QED) is 0.603. The number of hydrogen-bond donors (Lipinski definition) is 0. The lowest BCUT2D eigenvalue weighted by molar-refractivity contribution is -0.140. The second-order valence-corrected chi connectivity index (χ2v) is 7.30. The van der Waals surface area contributed by atoms with Crippen LogP contribution in [0.5, 0.6) is 0 Å². The molecule has 144 valence electrons. The van der Waals surface area contributed by atoms with Crippen molar-refractivity contribution in [1.82, 2.24) is 9.80 Å². The molecular weight excluding hydrogens is 347 g/mol. The first-order valence-corrected chi connectivity index (χ1v) is 9.49. The fourth-order valence-corrected chi connectivity index (χ4v) is 3.98. The standard InChI is InChI=1S/C21H25FN2O3/c1-2-19(25)23-12-9-16(10-13-23)21(27)24-11-3-4-17(14-24)20(26)15-5-7-18(22)8-6-15/h2,5-8,16-17H,1,3-4,9-14H2. The lowest BCUT2D eigenvalue weighted by Gasteiger charge is -2.37. The van der Waals surface area contributed by atoms with Crippen molar-refractivity contribution in [1.29, 1.82) is 0 Å². The van der Waals surface area contributed by atoms with Gasteiger partial charge in [0.25, 0.3) is 0 Å². The van der Waals surface area contributed by atoms with Crippen molar-refractivity contribution in [2.24, 2.45) is 11.8 Å². The molecule has 1 atom stereocenters. The summed E-state index contributed by atoms with van der Waals surface area (Å²) in [7, 11) is 0. The molecule has 0 spiro atoms. The molecule has 1 aromatic carbocycles. The van der Waals surface area contributed by atoms with Crippen LogP contribution in [0, 0.1) is 17.7 Å². The highest BCUT2D eigenvalue weighted by molar-refractivity contribution is 5.98. The molecule has 0 aliphatic carbocycles. The van der Waals surface area contributed by atoms with Gasteiger partial charge < -0.3 is 9.80 Å². The Hall–Kier alpha value is -2.50. The number of piperidine rings is 2. The highest BCUT2D eigenvalue weighted by atomic mass is 19.1. The molecule has 1 unspecified atom stereocenters. The Labute approximate surface area is 158 Å². The van der Waals surface area contributed by atoms with E-state index in [0.29, 0.717) is 44.6 Å². The summed E-state index contributed by atoms with van der Waals surface area (Å²) in [6.45, 7) is 5.71. The van der Waals surface area contributed by atoms with Crippen LogP contribution >= 0.6 is 0 Å². The van der Waals surface area contributed by atoms with Crippen LogP contribution in [-0.2, 0) is 9.59 Å². The van der Waals surface area contributed by atoms with E-state index in [4.69, 9.17) is 0 Å². The normalized spacial score (nSPS) is 21.0. The van der Waals surface area contributed by atoms with Crippen molar-refractivity contribution >= 4 is 17.6 Å². The minimum atomic E-state index is -0.367. The van der Waals surface area contributed by atoms with Gasteiger partial charge in [-0.15, -0.1) is 0 Å². The second kappa shape index (κ2) is 8.46. The Morgan fingerprint density at radius 3 is 2.26 bits per heavy atom. The number of Topliss-reactive ketones (excluding diaryl/α,β-unsaturated/α-hetero) is 1. The van der Waals surface area contributed by atoms with E-state index in [-0.39, 0.29) is 35.3 Å². The van der Waals surface area contributed by atoms with Crippen molar-refractivity contribution in [3.05, 3.63) is 48.3 Å². The first-order valence-electron chi connectivity index (χ1n) is 9.49. The van der Waals surface area contributed by atoms with Gasteiger partial charge >= 0.3 is 0 Å². The number of carbonyl (C=O) groups excluding carboxylic acids is 3. The number of halogens is 1. The number of likely N-dealkylation sites (tertiary alicyclic amines) is 2. The summed E-state index contributed by atoms with van der Waals surface area (Å²) in [5.74, 6) is -0.748. The summed E-state index contributed by atoms with van der Waals surface area (Å²) >= 11 is 0. The molecule has 0 N–H and O–H groups in total. The molecule has 5 nitrogen and oxygen atoms in total. The predicted octanol–water partition coefficient (Wildman–Crippen LogP) is 2.67. The zero-order valence-corrected chi connectivity index (χ0v) is 15.4. The highest BCUT2D eigenvalue weighted by Gasteiger charge is 2.34. The smallest absolute Gasteiger partial charge is 0.245 e. The minimum Gasteiger partial charge on any atom is -0.342 e. The van der Waals surface area contributed by atoms with Gasteiger partial charge in [-0.1, -0.05) is 6.58 Å².